The van der Waals surface area contributed by atoms with Gasteiger partial charge in [-0.1, -0.05) is 133 Å². The molecule has 41 heavy (non-hydrogen) atoms. The van der Waals surface area contributed by atoms with Gasteiger partial charge in [0, 0.05) is 11.8 Å². The summed E-state index contributed by atoms with van der Waals surface area (Å²) in [6, 6.07) is 43.8. The van der Waals surface area contributed by atoms with Gasteiger partial charge in [0.2, 0.25) is 0 Å². The van der Waals surface area contributed by atoms with Gasteiger partial charge in [0.25, 0.3) is 0 Å². The number of benzene rings is 4. The summed E-state index contributed by atoms with van der Waals surface area (Å²) in [7, 11) is 0. The van der Waals surface area contributed by atoms with Gasteiger partial charge in [0.15, 0.2) is 0 Å². The Balaban J connectivity index is 1.95. The Morgan fingerprint density at radius 2 is 1.20 bits per heavy atom. The number of nitrogens with zero attached hydrogens (tertiary/aromatic N) is 2. The summed E-state index contributed by atoms with van der Waals surface area (Å²) in [5, 5.41) is 20.0. The van der Waals surface area contributed by atoms with Gasteiger partial charge >= 0.3 is 0 Å². The predicted molar refractivity (Wildman–Crippen MR) is 164 cm³/mol. The average Bonchev–Trinajstić information content (AvgIpc) is 3.03. The highest BCUT2D eigenvalue weighted by atomic mass is 16.1. The van der Waals surface area contributed by atoms with Crippen LogP contribution in [0.4, 0.5) is 0 Å². The monoisotopic (exact) mass is 532 g/mol. The number of carbonyl (C=O) groups is 1. The summed E-state index contributed by atoms with van der Waals surface area (Å²) in [6.45, 7) is 3.59. The van der Waals surface area contributed by atoms with Gasteiger partial charge in [0.05, 0.1) is 17.6 Å². The van der Waals surface area contributed by atoms with Crippen molar-refractivity contribution in [2.45, 2.75) is 31.6 Å². The minimum absolute atomic E-state index is 0.0802. The number of Topliss-reactive ketones (excluding diaryl/α,β-unsaturated/α-hetero) is 1. The largest absolute Gasteiger partial charge is 0.300 e. The quantitative estimate of drug-likeness (QED) is 0.204. The molecule has 3 nitrogen and oxygen atoms in total. The Kier molecular flexibility index (Phi) is 9.67. The molecule has 0 aromatic heterocycles. The van der Waals surface area contributed by atoms with Crippen LogP contribution < -0.4 is 0 Å². The molecule has 0 N–H and O–H groups in total. The van der Waals surface area contributed by atoms with E-state index < -0.39 is 23.2 Å². The normalized spacial score (nSPS) is 12.8. The van der Waals surface area contributed by atoms with Crippen molar-refractivity contribution < 1.29 is 4.79 Å². The predicted octanol–water partition coefficient (Wildman–Crippen LogP) is 8.12. The minimum atomic E-state index is -0.997. The fourth-order valence-electron chi connectivity index (χ4n) is 5.47. The summed E-state index contributed by atoms with van der Waals surface area (Å²) >= 11 is 0. The molecule has 0 unspecified atom stereocenters. The molecule has 0 spiro atoms. The van der Waals surface area contributed by atoms with Crippen LogP contribution in [0.2, 0.25) is 0 Å². The van der Waals surface area contributed by atoms with E-state index in [1.807, 2.05) is 122 Å². The van der Waals surface area contributed by atoms with E-state index in [2.05, 4.69) is 36.1 Å². The lowest BCUT2D eigenvalue weighted by molar-refractivity contribution is -0.122. The van der Waals surface area contributed by atoms with E-state index in [-0.39, 0.29) is 5.78 Å². The standard InChI is InChI=1S/C38H32N2O/c1-29(31-17-7-3-8-18-31)16-15-25-38(34-21-11-5-12-22-34,35-23-13-6-14-24-35)26-36(30(2)41)37(33(27-39)28-40)32-19-9-4-10-20-32/h3-14,16-24,33,36-37H,26H2,1-2H3/b29-16+/t36-,37-/m1/s1. The molecule has 3 heteroatoms. The summed E-state index contributed by atoms with van der Waals surface area (Å²) < 4.78 is 0. The zero-order chi connectivity index (χ0) is 29.1. The zero-order valence-corrected chi connectivity index (χ0v) is 23.4. The van der Waals surface area contributed by atoms with Crippen LogP contribution in [0, 0.1) is 46.3 Å². The Morgan fingerprint density at radius 1 is 0.732 bits per heavy atom. The maximum absolute atomic E-state index is 13.5. The lowest BCUT2D eigenvalue weighted by Gasteiger charge is -2.36. The van der Waals surface area contributed by atoms with Gasteiger partial charge in [0.1, 0.15) is 11.7 Å². The molecule has 0 saturated carbocycles. The van der Waals surface area contributed by atoms with E-state index >= 15 is 0 Å². The summed E-state index contributed by atoms with van der Waals surface area (Å²) in [5.74, 6) is 4.61. The van der Waals surface area contributed by atoms with Crippen LogP contribution in [0.5, 0.6) is 0 Å². The molecule has 4 rings (SSSR count). The van der Waals surface area contributed by atoms with Crippen molar-refractivity contribution in [3.63, 3.8) is 0 Å². The first-order valence-electron chi connectivity index (χ1n) is 13.7. The van der Waals surface area contributed by atoms with Gasteiger partial charge < -0.3 is 0 Å². The third kappa shape index (κ3) is 6.70. The van der Waals surface area contributed by atoms with Crippen LogP contribution in [0.15, 0.2) is 127 Å². The number of ketones is 1. The van der Waals surface area contributed by atoms with E-state index in [0.717, 1.165) is 27.8 Å². The number of hydrogen-bond donors (Lipinski definition) is 0. The first kappa shape index (κ1) is 28.8. The molecule has 0 aliphatic heterocycles. The van der Waals surface area contributed by atoms with E-state index in [1.165, 1.54) is 0 Å². The third-order valence-corrected chi connectivity index (χ3v) is 7.64. The average molecular weight is 533 g/mol. The number of rotatable bonds is 9. The van der Waals surface area contributed by atoms with Crippen molar-refractivity contribution >= 4 is 11.4 Å². The topological polar surface area (TPSA) is 64.7 Å². The highest BCUT2D eigenvalue weighted by Gasteiger charge is 2.42. The van der Waals surface area contributed by atoms with Crippen molar-refractivity contribution in [1.82, 2.24) is 0 Å². The highest BCUT2D eigenvalue weighted by molar-refractivity contribution is 5.80. The van der Waals surface area contributed by atoms with E-state index in [1.54, 1.807) is 6.92 Å². The van der Waals surface area contributed by atoms with Crippen molar-refractivity contribution in [3.8, 4) is 24.0 Å². The molecule has 200 valence electrons. The SMILES string of the molecule is CC(=O)[C@@H](CC(C#C/C=C(\C)c1ccccc1)(c1ccccc1)c1ccccc1)[C@H](c1ccccc1)C(C#N)C#N. The number of hydrogen-bond acceptors (Lipinski definition) is 3. The lowest BCUT2D eigenvalue weighted by atomic mass is 9.64. The van der Waals surface area contributed by atoms with Gasteiger partial charge in [-0.15, -0.1) is 0 Å². The van der Waals surface area contributed by atoms with Gasteiger partial charge in [-0.3, -0.25) is 4.79 Å². The molecule has 0 fully saturated rings. The van der Waals surface area contributed by atoms with Crippen molar-refractivity contribution in [3.05, 3.63) is 150 Å². The Bertz CT molecular complexity index is 1560. The molecule has 0 amide bonds. The molecule has 0 heterocycles. The maximum Gasteiger partial charge on any atom is 0.140 e. The lowest BCUT2D eigenvalue weighted by Crippen LogP contribution is -2.36. The van der Waals surface area contributed by atoms with Crippen LogP contribution in [-0.2, 0) is 10.2 Å². The Labute approximate surface area is 243 Å². The fourth-order valence-corrected chi connectivity index (χ4v) is 5.47. The highest BCUT2D eigenvalue weighted by Crippen LogP contribution is 2.44. The van der Waals surface area contributed by atoms with E-state index in [4.69, 9.17) is 0 Å². The first-order chi connectivity index (χ1) is 20.0. The molecule has 0 bridgehead atoms. The summed E-state index contributed by atoms with van der Waals surface area (Å²) in [4.78, 5) is 13.5. The second-order valence-electron chi connectivity index (χ2n) is 10.2. The van der Waals surface area contributed by atoms with Crippen LogP contribution in [0.25, 0.3) is 5.57 Å². The van der Waals surface area contributed by atoms with E-state index in [9.17, 15) is 15.3 Å². The van der Waals surface area contributed by atoms with Gasteiger partial charge in [-0.25, -0.2) is 0 Å². The molecular formula is C38H32N2O. The second-order valence-corrected chi connectivity index (χ2v) is 10.2. The second kappa shape index (κ2) is 13.8. The molecule has 0 radical (unpaired) electrons. The molecular weight excluding hydrogens is 500 g/mol. The Hall–Kier alpha value is -5.17. The zero-order valence-electron chi connectivity index (χ0n) is 23.4. The number of nitriles is 2. The smallest absolute Gasteiger partial charge is 0.140 e. The van der Waals surface area contributed by atoms with Crippen LogP contribution in [0.3, 0.4) is 0 Å². The minimum Gasteiger partial charge on any atom is -0.300 e. The van der Waals surface area contributed by atoms with Crippen LogP contribution >= 0.6 is 0 Å². The maximum atomic E-state index is 13.5. The number of allylic oxidation sites excluding steroid dienone is 2. The number of carbonyl (C=O) groups excluding carboxylic acids is 1. The van der Waals surface area contributed by atoms with Crippen molar-refractivity contribution in [2.24, 2.45) is 11.8 Å². The summed E-state index contributed by atoms with van der Waals surface area (Å²) in [5.41, 5.74) is 3.94. The van der Waals surface area contributed by atoms with Crippen LogP contribution in [0.1, 0.15) is 48.4 Å². The first-order valence-corrected chi connectivity index (χ1v) is 13.7. The van der Waals surface area contributed by atoms with Gasteiger partial charge in [-0.05, 0) is 54.2 Å². The Morgan fingerprint density at radius 3 is 1.66 bits per heavy atom. The molecule has 0 saturated heterocycles. The summed E-state index contributed by atoms with van der Waals surface area (Å²) in [6.07, 6.45) is 2.22. The molecule has 0 aliphatic rings. The molecule has 4 aromatic rings. The fraction of sp³-hybridized carbons (Fsp3) is 0.184. The van der Waals surface area contributed by atoms with Crippen LogP contribution in [-0.4, -0.2) is 5.78 Å². The molecule has 4 aromatic carbocycles. The van der Waals surface area contributed by atoms with Crippen molar-refractivity contribution in [1.29, 1.82) is 10.5 Å². The molecule has 0 aliphatic carbocycles. The van der Waals surface area contributed by atoms with E-state index in [0.29, 0.717) is 6.42 Å². The van der Waals surface area contributed by atoms with Gasteiger partial charge in [-0.2, -0.15) is 10.5 Å². The van der Waals surface area contributed by atoms with Crippen molar-refractivity contribution in [2.75, 3.05) is 0 Å². The molecule has 2 atom stereocenters. The third-order valence-electron chi connectivity index (χ3n) is 7.64.